The molecule has 0 aromatic heterocycles. The third kappa shape index (κ3) is 4.13. The van der Waals surface area contributed by atoms with Crippen LogP contribution in [0.15, 0.2) is 42.5 Å². The predicted molar refractivity (Wildman–Crippen MR) is 101 cm³/mol. The highest BCUT2D eigenvalue weighted by molar-refractivity contribution is 6.32. The van der Waals surface area contributed by atoms with E-state index in [0.717, 1.165) is 18.2 Å². The molecular formula is C20H17ClF3NO5. The Hall–Kier alpha value is -2.65. The van der Waals surface area contributed by atoms with E-state index < -0.39 is 39.9 Å². The van der Waals surface area contributed by atoms with Crippen LogP contribution in [0.4, 0.5) is 18.9 Å². The van der Waals surface area contributed by atoms with Crippen LogP contribution >= 0.6 is 11.6 Å². The van der Waals surface area contributed by atoms with E-state index in [9.17, 15) is 28.1 Å². The molecule has 10 heteroatoms. The molecule has 0 aliphatic carbocycles. The van der Waals surface area contributed by atoms with Crippen molar-refractivity contribution in [2.45, 2.75) is 44.3 Å². The lowest BCUT2D eigenvalue weighted by Gasteiger charge is -2.23. The van der Waals surface area contributed by atoms with Crippen molar-refractivity contribution in [1.82, 2.24) is 0 Å². The summed E-state index contributed by atoms with van der Waals surface area (Å²) >= 11 is 5.98. The molecule has 2 aromatic rings. The van der Waals surface area contributed by atoms with Crippen molar-refractivity contribution in [3.63, 3.8) is 0 Å². The fourth-order valence-electron chi connectivity index (χ4n) is 3.07. The molecule has 2 atom stereocenters. The van der Waals surface area contributed by atoms with Crippen molar-refractivity contribution in [2.75, 3.05) is 0 Å². The molecule has 0 bridgehead atoms. The highest BCUT2D eigenvalue weighted by Gasteiger charge is 2.66. The lowest BCUT2D eigenvalue weighted by Crippen LogP contribution is -2.33. The van der Waals surface area contributed by atoms with Crippen LogP contribution in [0.2, 0.25) is 5.02 Å². The number of epoxide rings is 1. The van der Waals surface area contributed by atoms with Gasteiger partial charge in [-0.2, -0.15) is 13.2 Å². The number of hydrogen-bond donors (Lipinski definition) is 0. The average Bonchev–Trinajstić information content (AvgIpc) is 3.36. The van der Waals surface area contributed by atoms with Crippen molar-refractivity contribution in [1.29, 1.82) is 0 Å². The van der Waals surface area contributed by atoms with Gasteiger partial charge < -0.3 is 9.47 Å². The Balaban J connectivity index is 2.07. The number of rotatable bonds is 4. The molecule has 1 heterocycles. The second-order valence-corrected chi connectivity index (χ2v) is 8.19. The number of nitrogens with zero attached hydrogens (tertiary/aromatic N) is 1. The van der Waals surface area contributed by atoms with Gasteiger partial charge in [0.2, 0.25) is 5.60 Å². The van der Waals surface area contributed by atoms with Gasteiger partial charge in [0, 0.05) is 11.6 Å². The summed E-state index contributed by atoms with van der Waals surface area (Å²) in [7, 11) is 0. The second-order valence-electron chi connectivity index (χ2n) is 7.78. The van der Waals surface area contributed by atoms with Gasteiger partial charge in [-0.1, -0.05) is 23.7 Å². The zero-order valence-corrected chi connectivity index (χ0v) is 16.9. The fraction of sp³-hybridized carbons (Fsp3) is 0.350. The number of alkyl halides is 3. The Morgan fingerprint density at radius 3 is 2.40 bits per heavy atom. The molecule has 2 aromatic carbocycles. The van der Waals surface area contributed by atoms with Crippen molar-refractivity contribution in [2.24, 2.45) is 0 Å². The average molecular weight is 444 g/mol. The highest BCUT2D eigenvalue weighted by Crippen LogP contribution is 2.59. The number of nitro groups is 1. The van der Waals surface area contributed by atoms with E-state index in [1.165, 1.54) is 24.3 Å². The van der Waals surface area contributed by atoms with Crippen LogP contribution in [0.3, 0.4) is 0 Å². The molecule has 1 saturated heterocycles. The predicted octanol–water partition coefficient (Wildman–Crippen LogP) is 5.58. The smallest absolute Gasteiger partial charge is 0.416 e. The SMILES string of the molecule is CC(C)(C)OC(=O)C1(c2ccc([N+](=O)[O-])c(Cl)c2)OC1c1cccc(C(F)(F)F)c1. The normalized spacial score (nSPS) is 21.2. The van der Waals surface area contributed by atoms with Crippen LogP contribution in [0.5, 0.6) is 0 Å². The second kappa shape index (κ2) is 7.24. The number of halogens is 4. The zero-order valence-electron chi connectivity index (χ0n) is 16.1. The Bertz CT molecular complexity index is 1020. The molecule has 0 saturated carbocycles. The lowest BCUT2D eigenvalue weighted by atomic mass is 9.90. The molecule has 2 unspecified atom stereocenters. The van der Waals surface area contributed by atoms with Crippen molar-refractivity contribution >= 4 is 23.3 Å². The first kappa shape index (κ1) is 22.0. The number of carbonyl (C=O) groups excluding carboxylic acids is 1. The first-order chi connectivity index (χ1) is 13.8. The van der Waals surface area contributed by atoms with Gasteiger partial charge in [-0.15, -0.1) is 0 Å². The lowest BCUT2D eigenvalue weighted by molar-refractivity contribution is -0.384. The van der Waals surface area contributed by atoms with Gasteiger partial charge >= 0.3 is 12.1 Å². The Labute approximate surface area is 174 Å². The highest BCUT2D eigenvalue weighted by atomic mass is 35.5. The molecule has 0 radical (unpaired) electrons. The monoisotopic (exact) mass is 443 g/mol. The van der Waals surface area contributed by atoms with Gasteiger partial charge in [0.05, 0.1) is 10.5 Å². The van der Waals surface area contributed by atoms with E-state index in [1.807, 2.05) is 0 Å². The van der Waals surface area contributed by atoms with Gasteiger partial charge in [0.1, 0.15) is 16.7 Å². The van der Waals surface area contributed by atoms with E-state index in [4.69, 9.17) is 21.1 Å². The molecule has 6 nitrogen and oxygen atoms in total. The molecular weight excluding hydrogens is 427 g/mol. The summed E-state index contributed by atoms with van der Waals surface area (Å²) in [4.78, 5) is 23.3. The number of benzene rings is 2. The summed E-state index contributed by atoms with van der Waals surface area (Å²) in [5.74, 6) is -0.831. The number of nitro benzene ring substituents is 1. The van der Waals surface area contributed by atoms with E-state index in [-0.39, 0.29) is 21.8 Å². The van der Waals surface area contributed by atoms with Crippen molar-refractivity contribution < 1.29 is 32.4 Å². The van der Waals surface area contributed by atoms with Gasteiger partial charge in [0.15, 0.2) is 0 Å². The third-order valence-electron chi connectivity index (χ3n) is 4.41. The molecule has 30 heavy (non-hydrogen) atoms. The minimum atomic E-state index is -4.57. The Morgan fingerprint density at radius 1 is 1.20 bits per heavy atom. The summed E-state index contributed by atoms with van der Waals surface area (Å²) in [6.45, 7) is 4.88. The molecule has 1 fully saturated rings. The van der Waals surface area contributed by atoms with Crippen LogP contribution < -0.4 is 0 Å². The first-order valence-electron chi connectivity index (χ1n) is 8.78. The standard InChI is InChI=1S/C20H17ClF3NO5/c1-18(2,3)30-17(26)19(12-7-8-15(25(27)28)14(21)10-12)16(29-19)11-5-4-6-13(9-11)20(22,23)24/h4-10,16H,1-3H3. The van der Waals surface area contributed by atoms with E-state index in [1.54, 1.807) is 20.8 Å². The number of esters is 1. The molecule has 1 aliphatic heterocycles. The van der Waals surface area contributed by atoms with Gasteiger partial charge in [0.25, 0.3) is 5.69 Å². The molecule has 160 valence electrons. The maximum atomic E-state index is 13.1. The van der Waals surface area contributed by atoms with Crippen LogP contribution in [0.1, 0.15) is 43.6 Å². The van der Waals surface area contributed by atoms with Gasteiger partial charge in [-0.05, 0) is 50.6 Å². The van der Waals surface area contributed by atoms with Gasteiger partial charge in [-0.3, -0.25) is 10.1 Å². The summed E-state index contributed by atoms with van der Waals surface area (Å²) in [5.41, 5.74) is -3.68. The molecule has 1 aliphatic rings. The minimum absolute atomic E-state index is 0.116. The van der Waals surface area contributed by atoms with Crippen LogP contribution in [0, 0.1) is 10.1 Å². The topological polar surface area (TPSA) is 82.0 Å². The number of ether oxygens (including phenoxy) is 2. The van der Waals surface area contributed by atoms with E-state index in [2.05, 4.69) is 0 Å². The quantitative estimate of drug-likeness (QED) is 0.267. The summed E-state index contributed by atoms with van der Waals surface area (Å²) < 4.78 is 50.4. The fourth-order valence-corrected chi connectivity index (χ4v) is 3.31. The molecule has 0 N–H and O–H groups in total. The molecule has 0 amide bonds. The first-order valence-corrected chi connectivity index (χ1v) is 9.16. The summed E-state index contributed by atoms with van der Waals surface area (Å²) in [6.07, 6.45) is -5.65. The maximum Gasteiger partial charge on any atom is 0.416 e. The minimum Gasteiger partial charge on any atom is -0.457 e. The third-order valence-corrected chi connectivity index (χ3v) is 4.71. The molecule has 0 spiro atoms. The van der Waals surface area contributed by atoms with E-state index >= 15 is 0 Å². The number of carbonyl (C=O) groups is 1. The Morgan fingerprint density at radius 2 is 1.87 bits per heavy atom. The number of hydrogen-bond acceptors (Lipinski definition) is 5. The van der Waals surface area contributed by atoms with Crippen molar-refractivity contribution in [3.05, 3.63) is 74.3 Å². The molecule has 3 rings (SSSR count). The summed E-state index contributed by atoms with van der Waals surface area (Å²) in [6, 6.07) is 7.99. The van der Waals surface area contributed by atoms with Crippen LogP contribution in [-0.4, -0.2) is 16.5 Å². The van der Waals surface area contributed by atoms with Crippen molar-refractivity contribution in [3.8, 4) is 0 Å². The van der Waals surface area contributed by atoms with Gasteiger partial charge in [-0.25, -0.2) is 4.79 Å². The zero-order chi connectivity index (χ0) is 22.5. The van der Waals surface area contributed by atoms with Crippen LogP contribution in [0.25, 0.3) is 0 Å². The summed E-state index contributed by atoms with van der Waals surface area (Å²) in [5, 5.41) is 10.8. The maximum absolute atomic E-state index is 13.1. The Kier molecular flexibility index (Phi) is 5.32. The van der Waals surface area contributed by atoms with E-state index in [0.29, 0.717) is 0 Å². The van der Waals surface area contributed by atoms with Crippen LogP contribution in [-0.2, 0) is 26.0 Å². The largest absolute Gasteiger partial charge is 0.457 e.